The molecule has 0 fully saturated rings. The van der Waals surface area contributed by atoms with Crippen LogP contribution in [0.5, 0.6) is 0 Å². The number of benzene rings is 1. The first-order valence-corrected chi connectivity index (χ1v) is 5.20. The molecule has 2 heteroatoms. The monoisotopic (exact) mass is 226 g/mol. The molecule has 2 nitrogen and oxygen atoms in total. The van der Waals surface area contributed by atoms with Gasteiger partial charge in [0.1, 0.15) is 0 Å². The Hall–Kier alpha value is -2.22. The van der Waals surface area contributed by atoms with Gasteiger partial charge in [-0.2, -0.15) is 0 Å². The van der Waals surface area contributed by atoms with Crippen molar-refractivity contribution in [2.75, 3.05) is 0 Å². The third kappa shape index (κ3) is 3.38. The lowest BCUT2D eigenvalue weighted by Gasteiger charge is -2.06. The molecule has 0 amide bonds. The van der Waals surface area contributed by atoms with Crippen LogP contribution >= 0.6 is 0 Å². The van der Waals surface area contributed by atoms with Gasteiger partial charge in [0.05, 0.1) is 0 Å². The molecule has 0 heterocycles. The van der Waals surface area contributed by atoms with Crippen LogP contribution in [0.2, 0.25) is 0 Å². The number of hydrogen-bond acceptors (Lipinski definition) is 2. The Kier molecular flexibility index (Phi) is 4.35. The molecule has 0 aromatic heterocycles. The second kappa shape index (κ2) is 5.75. The van der Waals surface area contributed by atoms with Gasteiger partial charge in [0.15, 0.2) is 11.6 Å². The molecular formula is C15H14O2. The van der Waals surface area contributed by atoms with Gasteiger partial charge in [-0.25, -0.2) is 0 Å². The first-order chi connectivity index (χ1) is 8.06. The summed E-state index contributed by atoms with van der Waals surface area (Å²) in [7, 11) is 0. The lowest BCUT2D eigenvalue weighted by Crippen LogP contribution is -2.10. The Balaban J connectivity index is 0.000000249. The van der Waals surface area contributed by atoms with E-state index in [1.807, 2.05) is 6.92 Å². The number of rotatable bonds is 1. The molecule has 1 aromatic carbocycles. The fraction of sp³-hybridized carbons (Fsp3) is 0.0667. The molecule has 2 rings (SSSR count). The number of carbonyl (C=O) groups is 2. The number of ketones is 2. The van der Waals surface area contributed by atoms with E-state index in [1.165, 1.54) is 12.2 Å². The summed E-state index contributed by atoms with van der Waals surface area (Å²) in [4.78, 5) is 22.4. The SMILES string of the molecule is C=CC(=C)C.O=C1C=CC(=O)c2ccccc21. The van der Waals surface area contributed by atoms with Crippen LogP contribution in [-0.2, 0) is 0 Å². The van der Waals surface area contributed by atoms with Crippen LogP contribution in [-0.4, -0.2) is 11.6 Å². The van der Waals surface area contributed by atoms with Crippen LogP contribution in [0.3, 0.4) is 0 Å². The van der Waals surface area contributed by atoms with Gasteiger partial charge in [-0.15, -0.1) is 0 Å². The van der Waals surface area contributed by atoms with E-state index in [1.54, 1.807) is 30.3 Å². The maximum absolute atomic E-state index is 11.2. The molecule has 0 saturated carbocycles. The van der Waals surface area contributed by atoms with Crippen LogP contribution in [0.1, 0.15) is 27.6 Å². The molecule has 0 saturated heterocycles. The zero-order chi connectivity index (χ0) is 12.8. The molecule has 1 aliphatic carbocycles. The molecule has 0 unspecified atom stereocenters. The second-order valence-corrected chi connectivity index (χ2v) is 3.66. The highest BCUT2D eigenvalue weighted by molar-refractivity contribution is 6.21. The summed E-state index contributed by atoms with van der Waals surface area (Å²) < 4.78 is 0. The topological polar surface area (TPSA) is 34.1 Å². The zero-order valence-electron chi connectivity index (χ0n) is 9.77. The van der Waals surface area contributed by atoms with E-state index < -0.39 is 0 Å². The molecule has 0 aliphatic heterocycles. The van der Waals surface area contributed by atoms with Crippen molar-refractivity contribution in [3.05, 3.63) is 72.4 Å². The fourth-order valence-electron chi connectivity index (χ4n) is 1.24. The van der Waals surface area contributed by atoms with Crippen molar-refractivity contribution in [3.8, 4) is 0 Å². The third-order valence-corrected chi connectivity index (χ3v) is 2.19. The van der Waals surface area contributed by atoms with Crippen LogP contribution in [0.4, 0.5) is 0 Å². The van der Waals surface area contributed by atoms with E-state index in [9.17, 15) is 9.59 Å². The largest absolute Gasteiger partial charge is 0.289 e. The van der Waals surface area contributed by atoms with Crippen LogP contribution in [0, 0.1) is 0 Å². The standard InChI is InChI=1S/C10H6O2.C5H8/c11-9-5-6-10(12)8-4-2-1-3-7(8)9;1-4-5(2)3/h1-6H;4H,1-2H2,3H3. The van der Waals surface area contributed by atoms with Crippen molar-refractivity contribution in [1.82, 2.24) is 0 Å². The van der Waals surface area contributed by atoms with Gasteiger partial charge in [-0.3, -0.25) is 9.59 Å². The van der Waals surface area contributed by atoms with E-state index in [-0.39, 0.29) is 11.6 Å². The van der Waals surface area contributed by atoms with Gasteiger partial charge < -0.3 is 0 Å². The van der Waals surface area contributed by atoms with Gasteiger partial charge in [0.2, 0.25) is 0 Å². The van der Waals surface area contributed by atoms with E-state index >= 15 is 0 Å². The molecule has 1 aromatic rings. The number of allylic oxidation sites excluding steroid dienone is 4. The molecule has 0 atom stereocenters. The van der Waals surface area contributed by atoms with Gasteiger partial charge in [0.25, 0.3) is 0 Å². The summed E-state index contributed by atoms with van der Waals surface area (Å²) >= 11 is 0. The lowest BCUT2D eigenvalue weighted by atomic mass is 9.95. The Morgan fingerprint density at radius 3 is 1.71 bits per heavy atom. The Morgan fingerprint density at radius 1 is 1.06 bits per heavy atom. The molecule has 17 heavy (non-hydrogen) atoms. The molecule has 0 N–H and O–H groups in total. The minimum absolute atomic E-state index is 0.0924. The van der Waals surface area contributed by atoms with E-state index in [0.717, 1.165) is 5.57 Å². The first kappa shape index (κ1) is 12.8. The normalized spacial score (nSPS) is 12.3. The Morgan fingerprint density at radius 2 is 1.41 bits per heavy atom. The lowest BCUT2D eigenvalue weighted by molar-refractivity contribution is 0.0994. The van der Waals surface area contributed by atoms with Crippen molar-refractivity contribution in [2.45, 2.75) is 6.92 Å². The van der Waals surface area contributed by atoms with Gasteiger partial charge >= 0.3 is 0 Å². The van der Waals surface area contributed by atoms with Crippen LogP contribution < -0.4 is 0 Å². The summed E-state index contributed by atoms with van der Waals surface area (Å²) in [6.07, 6.45) is 4.34. The minimum atomic E-state index is -0.0924. The fourth-order valence-corrected chi connectivity index (χ4v) is 1.24. The maximum atomic E-state index is 11.2. The highest BCUT2D eigenvalue weighted by Gasteiger charge is 2.16. The van der Waals surface area contributed by atoms with Crippen molar-refractivity contribution in [3.63, 3.8) is 0 Å². The second-order valence-electron chi connectivity index (χ2n) is 3.66. The highest BCUT2D eigenvalue weighted by Crippen LogP contribution is 2.15. The van der Waals surface area contributed by atoms with Crippen molar-refractivity contribution >= 4 is 11.6 Å². The molecule has 0 bridgehead atoms. The van der Waals surface area contributed by atoms with Crippen molar-refractivity contribution in [1.29, 1.82) is 0 Å². The van der Waals surface area contributed by atoms with E-state index in [4.69, 9.17) is 0 Å². The predicted octanol–water partition coefficient (Wildman–Crippen LogP) is 3.37. The number of hydrogen-bond donors (Lipinski definition) is 0. The third-order valence-electron chi connectivity index (χ3n) is 2.19. The number of carbonyl (C=O) groups excluding carboxylic acids is 2. The molecule has 86 valence electrons. The molecule has 0 spiro atoms. The summed E-state index contributed by atoms with van der Waals surface area (Å²) in [5.41, 5.74) is 2.03. The predicted molar refractivity (Wildman–Crippen MR) is 69.3 cm³/mol. The summed E-state index contributed by atoms with van der Waals surface area (Å²) in [6, 6.07) is 6.84. The molecule has 1 aliphatic rings. The average molecular weight is 226 g/mol. The van der Waals surface area contributed by atoms with Gasteiger partial charge in [-0.05, 0) is 19.1 Å². The first-order valence-electron chi connectivity index (χ1n) is 5.20. The van der Waals surface area contributed by atoms with Crippen LogP contribution in [0.25, 0.3) is 0 Å². The minimum Gasteiger partial charge on any atom is -0.289 e. The number of fused-ring (bicyclic) bond motifs is 1. The Bertz CT molecular complexity index is 470. The Labute approximate surface area is 101 Å². The average Bonchev–Trinajstić information content (AvgIpc) is 2.35. The molecule has 0 radical (unpaired) electrons. The smallest absolute Gasteiger partial charge is 0.186 e. The van der Waals surface area contributed by atoms with E-state index in [2.05, 4.69) is 13.2 Å². The maximum Gasteiger partial charge on any atom is 0.186 e. The summed E-state index contributed by atoms with van der Waals surface area (Å²) in [6.45, 7) is 8.93. The summed E-state index contributed by atoms with van der Waals surface area (Å²) in [5, 5.41) is 0. The quantitative estimate of drug-likeness (QED) is 0.688. The van der Waals surface area contributed by atoms with E-state index in [0.29, 0.717) is 11.1 Å². The zero-order valence-corrected chi connectivity index (χ0v) is 9.77. The van der Waals surface area contributed by atoms with Crippen molar-refractivity contribution < 1.29 is 9.59 Å². The van der Waals surface area contributed by atoms with Crippen molar-refractivity contribution in [2.24, 2.45) is 0 Å². The van der Waals surface area contributed by atoms with Gasteiger partial charge in [-0.1, -0.05) is 49.1 Å². The van der Waals surface area contributed by atoms with Crippen LogP contribution in [0.15, 0.2) is 61.2 Å². The van der Waals surface area contributed by atoms with Gasteiger partial charge in [0, 0.05) is 11.1 Å². The molecular weight excluding hydrogens is 212 g/mol. The summed E-state index contributed by atoms with van der Waals surface area (Å²) in [5.74, 6) is -0.185. The highest BCUT2D eigenvalue weighted by atomic mass is 16.1.